The second-order valence-electron chi connectivity index (χ2n) is 5.53. The van der Waals surface area contributed by atoms with Crippen LogP contribution < -0.4 is 10.6 Å². The highest BCUT2D eigenvalue weighted by atomic mass is 127. The van der Waals surface area contributed by atoms with Gasteiger partial charge in [-0.3, -0.25) is 9.59 Å². The zero-order valence-corrected chi connectivity index (χ0v) is 15.1. The Bertz CT molecular complexity index is 740. The maximum Gasteiger partial charge on any atom is 0.255 e. The van der Waals surface area contributed by atoms with Crippen molar-refractivity contribution < 1.29 is 14.3 Å². The number of benzene rings is 2. The summed E-state index contributed by atoms with van der Waals surface area (Å²) in [5.74, 6) is -0.284. The first-order chi connectivity index (χ1) is 11.6. The van der Waals surface area contributed by atoms with Gasteiger partial charge in [-0.2, -0.15) is 0 Å². The third kappa shape index (κ3) is 4.33. The SMILES string of the molecule is O=C(Nc1ccc(NC(=O)[C@@H]2CCCO2)cc1)c1cccc(I)c1. The minimum Gasteiger partial charge on any atom is -0.368 e. The predicted molar refractivity (Wildman–Crippen MR) is 101 cm³/mol. The predicted octanol–water partition coefficient (Wildman–Crippen LogP) is 3.66. The molecule has 2 amide bonds. The van der Waals surface area contributed by atoms with E-state index in [-0.39, 0.29) is 17.9 Å². The van der Waals surface area contributed by atoms with Crippen LogP contribution in [0.5, 0.6) is 0 Å². The van der Waals surface area contributed by atoms with Crippen molar-refractivity contribution in [3.05, 3.63) is 57.7 Å². The number of nitrogens with one attached hydrogen (secondary N) is 2. The molecule has 1 atom stereocenters. The van der Waals surface area contributed by atoms with Gasteiger partial charge in [0, 0.05) is 27.1 Å². The molecule has 1 fully saturated rings. The number of halogens is 1. The van der Waals surface area contributed by atoms with Gasteiger partial charge in [0.15, 0.2) is 0 Å². The zero-order chi connectivity index (χ0) is 16.9. The van der Waals surface area contributed by atoms with E-state index in [0.717, 1.165) is 16.4 Å². The molecule has 0 spiro atoms. The molecule has 3 rings (SSSR count). The van der Waals surface area contributed by atoms with E-state index in [9.17, 15) is 9.59 Å². The largest absolute Gasteiger partial charge is 0.368 e. The lowest BCUT2D eigenvalue weighted by atomic mass is 10.2. The Morgan fingerprint density at radius 2 is 1.75 bits per heavy atom. The lowest BCUT2D eigenvalue weighted by Gasteiger charge is -2.11. The Balaban J connectivity index is 1.60. The van der Waals surface area contributed by atoms with Crippen molar-refractivity contribution in [1.82, 2.24) is 0 Å². The van der Waals surface area contributed by atoms with Gasteiger partial charge >= 0.3 is 0 Å². The summed E-state index contributed by atoms with van der Waals surface area (Å²) in [5, 5.41) is 5.67. The Labute approximate surface area is 153 Å². The fraction of sp³-hybridized carbons (Fsp3) is 0.222. The smallest absolute Gasteiger partial charge is 0.255 e. The van der Waals surface area contributed by atoms with Crippen LogP contribution in [0.2, 0.25) is 0 Å². The maximum atomic E-state index is 12.2. The first kappa shape index (κ1) is 16.9. The van der Waals surface area contributed by atoms with Gasteiger partial charge in [-0.05, 0) is 77.9 Å². The van der Waals surface area contributed by atoms with Crippen molar-refractivity contribution in [3.63, 3.8) is 0 Å². The number of anilines is 2. The molecule has 124 valence electrons. The molecule has 24 heavy (non-hydrogen) atoms. The van der Waals surface area contributed by atoms with E-state index in [1.165, 1.54) is 0 Å². The molecule has 0 aliphatic carbocycles. The second-order valence-corrected chi connectivity index (χ2v) is 6.78. The molecule has 0 aromatic heterocycles. The van der Waals surface area contributed by atoms with Crippen LogP contribution in [0.15, 0.2) is 48.5 Å². The minimum absolute atomic E-state index is 0.122. The number of carbonyl (C=O) groups is 2. The molecule has 0 bridgehead atoms. The third-order valence-electron chi connectivity index (χ3n) is 3.72. The fourth-order valence-electron chi connectivity index (χ4n) is 2.48. The average Bonchev–Trinajstić information content (AvgIpc) is 3.11. The van der Waals surface area contributed by atoms with Crippen LogP contribution in [-0.2, 0) is 9.53 Å². The van der Waals surface area contributed by atoms with Crippen LogP contribution in [-0.4, -0.2) is 24.5 Å². The van der Waals surface area contributed by atoms with Crippen molar-refractivity contribution >= 4 is 45.8 Å². The van der Waals surface area contributed by atoms with Gasteiger partial charge in [0.1, 0.15) is 6.10 Å². The summed E-state index contributed by atoms with van der Waals surface area (Å²) >= 11 is 2.17. The van der Waals surface area contributed by atoms with Gasteiger partial charge < -0.3 is 15.4 Å². The molecule has 1 heterocycles. The standard InChI is InChI=1S/C18H17IN2O3/c19-13-4-1-3-12(11-13)17(22)20-14-6-8-15(9-7-14)21-18(23)16-5-2-10-24-16/h1,3-4,6-9,11,16H,2,5,10H2,(H,20,22)(H,21,23)/t16-/m0/s1. The zero-order valence-electron chi connectivity index (χ0n) is 12.9. The van der Waals surface area contributed by atoms with E-state index < -0.39 is 0 Å². The van der Waals surface area contributed by atoms with Crippen molar-refractivity contribution in [2.45, 2.75) is 18.9 Å². The second kappa shape index (κ2) is 7.76. The molecule has 0 unspecified atom stereocenters. The molecule has 1 saturated heterocycles. The molecular formula is C18H17IN2O3. The Morgan fingerprint density at radius 1 is 1.04 bits per heavy atom. The Morgan fingerprint density at radius 3 is 2.38 bits per heavy atom. The molecule has 0 radical (unpaired) electrons. The number of rotatable bonds is 4. The molecular weight excluding hydrogens is 419 g/mol. The molecule has 2 aromatic rings. The van der Waals surface area contributed by atoms with Gasteiger partial charge in [-0.1, -0.05) is 6.07 Å². The Kier molecular flexibility index (Phi) is 5.47. The maximum absolute atomic E-state index is 12.2. The van der Waals surface area contributed by atoms with Crippen LogP contribution in [0, 0.1) is 3.57 Å². The Hall–Kier alpha value is -1.93. The highest BCUT2D eigenvalue weighted by molar-refractivity contribution is 14.1. The minimum atomic E-state index is -0.357. The first-order valence-electron chi connectivity index (χ1n) is 7.71. The van der Waals surface area contributed by atoms with Crippen LogP contribution >= 0.6 is 22.6 Å². The van der Waals surface area contributed by atoms with Crippen LogP contribution in [0.1, 0.15) is 23.2 Å². The molecule has 5 nitrogen and oxygen atoms in total. The number of amides is 2. The highest BCUT2D eigenvalue weighted by Crippen LogP contribution is 2.18. The average molecular weight is 436 g/mol. The van der Waals surface area contributed by atoms with Gasteiger partial charge in [-0.15, -0.1) is 0 Å². The topological polar surface area (TPSA) is 67.4 Å². The van der Waals surface area contributed by atoms with Crippen molar-refractivity contribution in [2.24, 2.45) is 0 Å². The van der Waals surface area contributed by atoms with Crippen molar-refractivity contribution in [2.75, 3.05) is 17.2 Å². The number of hydrogen-bond acceptors (Lipinski definition) is 3. The van der Waals surface area contributed by atoms with Crippen LogP contribution in [0.25, 0.3) is 0 Å². The monoisotopic (exact) mass is 436 g/mol. The number of ether oxygens (including phenoxy) is 1. The molecule has 0 saturated carbocycles. The third-order valence-corrected chi connectivity index (χ3v) is 4.39. The summed E-state index contributed by atoms with van der Waals surface area (Å²) in [6.07, 6.45) is 1.32. The van der Waals surface area contributed by atoms with E-state index in [1.54, 1.807) is 30.3 Å². The molecule has 6 heteroatoms. The van der Waals surface area contributed by atoms with E-state index in [0.29, 0.717) is 23.5 Å². The van der Waals surface area contributed by atoms with Gasteiger partial charge in [-0.25, -0.2) is 0 Å². The lowest BCUT2D eigenvalue weighted by Crippen LogP contribution is -2.26. The molecule has 1 aliphatic heterocycles. The summed E-state index contributed by atoms with van der Waals surface area (Å²) < 4.78 is 6.36. The van der Waals surface area contributed by atoms with Gasteiger partial charge in [0.25, 0.3) is 11.8 Å². The summed E-state index contributed by atoms with van der Waals surface area (Å²) in [4.78, 5) is 24.2. The van der Waals surface area contributed by atoms with Crippen molar-refractivity contribution in [3.8, 4) is 0 Å². The highest BCUT2D eigenvalue weighted by Gasteiger charge is 2.23. The molecule has 2 N–H and O–H groups in total. The quantitative estimate of drug-likeness (QED) is 0.720. The first-order valence-corrected chi connectivity index (χ1v) is 8.79. The van der Waals surface area contributed by atoms with E-state index in [2.05, 4.69) is 33.2 Å². The van der Waals surface area contributed by atoms with Crippen LogP contribution in [0.3, 0.4) is 0 Å². The summed E-state index contributed by atoms with van der Waals surface area (Å²) in [7, 11) is 0. The summed E-state index contributed by atoms with van der Waals surface area (Å²) in [6.45, 7) is 0.640. The summed E-state index contributed by atoms with van der Waals surface area (Å²) in [6, 6.07) is 14.4. The van der Waals surface area contributed by atoms with E-state index in [4.69, 9.17) is 4.74 Å². The van der Waals surface area contributed by atoms with Crippen LogP contribution in [0.4, 0.5) is 11.4 Å². The van der Waals surface area contributed by atoms with E-state index in [1.807, 2.05) is 18.2 Å². The lowest BCUT2D eigenvalue weighted by molar-refractivity contribution is -0.124. The number of carbonyl (C=O) groups excluding carboxylic acids is 2. The summed E-state index contributed by atoms with van der Waals surface area (Å²) in [5.41, 5.74) is 1.97. The van der Waals surface area contributed by atoms with Crippen molar-refractivity contribution in [1.29, 1.82) is 0 Å². The van der Waals surface area contributed by atoms with Gasteiger partial charge in [0.2, 0.25) is 0 Å². The fourth-order valence-corrected chi connectivity index (χ4v) is 3.02. The van der Waals surface area contributed by atoms with Gasteiger partial charge in [0.05, 0.1) is 0 Å². The number of hydrogen-bond donors (Lipinski definition) is 2. The van der Waals surface area contributed by atoms with E-state index >= 15 is 0 Å². The molecule has 1 aliphatic rings. The molecule has 2 aromatic carbocycles. The normalized spacial score (nSPS) is 16.6.